The summed E-state index contributed by atoms with van der Waals surface area (Å²) in [5, 5.41) is 3.23. The Bertz CT molecular complexity index is 754. The van der Waals surface area contributed by atoms with Gasteiger partial charge in [0.2, 0.25) is 0 Å². The lowest BCUT2D eigenvalue weighted by Crippen LogP contribution is -2.51. The molecule has 4 aliphatic carbocycles. The Morgan fingerprint density at radius 2 is 1.81 bits per heavy atom. The third-order valence-corrected chi connectivity index (χ3v) is 10.5. The van der Waals surface area contributed by atoms with Crippen LogP contribution in [0.5, 0.6) is 0 Å². The van der Waals surface area contributed by atoms with E-state index >= 15 is 0 Å². The van der Waals surface area contributed by atoms with Gasteiger partial charge in [-0.15, -0.1) is 0 Å². The molecule has 0 bridgehead atoms. The maximum Gasteiger partial charge on any atom is 0.150 e. The van der Waals surface area contributed by atoms with E-state index < -0.39 is 0 Å². The van der Waals surface area contributed by atoms with Gasteiger partial charge in [0, 0.05) is 12.3 Å². The zero-order valence-electron chi connectivity index (χ0n) is 20.8. The molecule has 4 aliphatic rings. The molecule has 8 atom stereocenters. The molecule has 3 heteroatoms. The van der Waals surface area contributed by atoms with Gasteiger partial charge in [-0.2, -0.15) is 0 Å². The second-order valence-corrected chi connectivity index (χ2v) is 12.3. The van der Waals surface area contributed by atoms with Crippen LogP contribution in [0, 0.1) is 46.3 Å². The van der Waals surface area contributed by atoms with Crippen molar-refractivity contribution >= 4 is 11.6 Å². The zero-order valence-corrected chi connectivity index (χ0v) is 20.8. The molecule has 0 aromatic carbocycles. The lowest BCUT2D eigenvalue weighted by molar-refractivity contribution is -0.128. The maximum atomic E-state index is 12.9. The molecular weight excluding hydrogens is 382 g/mol. The number of carbonyl (C=O) groups is 2. The number of allylic oxidation sites excluding steroid dienone is 2. The van der Waals surface area contributed by atoms with E-state index in [1.54, 1.807) is 5.57 Å². The Hall–Kier alpha value is -0.960. The fourth-order valence-corrected chi connectivity index (χ4v) is 8.88. The minimum Gasteiger partial charge on any atom is -0.310 e. The first kappa shape index (κ1) is 23.2. The van der Waals surface area contributed by atoms with Crippen LogP contribution in [-0.2, 0) is 9.59 Å². The zero-order chi connectivity index (χ0) is 22.6. The van der Waals surface area contributed by atoms with Crippen molar-refractivity contribution in [3.8, 4) is 0 Å². The summed E-state index contributed by atoms with van der Waals surface area (Å²) < 4.78 is 0. The minimum absolute atomic E-state index is 0.0185. The van der Waals surface area contributed by atoms with E-state index in [1.807, 2.05) is 14.0 Å². The second kappa shape index (κ2) is 8.43. The van der Waals surface area contributed by atoms with Crippen molar-refractivity contribution in [2.45, 2.75) is 98.4 Å². The fourth-order valence-electron chi connectivity index (χ4n) is 8.88. The molecule has 3 fully saturated rings. The number of likely N-dealkylation sites (N-methyl/N-ethyl adjacent to an activating group) is 1. The van der Waals surface area contributed by atoms with Gasteiger partial charge in [-0.3, -0.25) is 9.59 Å². The van der Waals surface area contributed by atoms with Crippen molar-refractivity contribution in [3.05, 3.63) is 11.6 Å². The molecule has 0 amide bonds. The quantitative estimate of drug-likeness (QED) is 0.531. The summed E-state index contributed by atoms with van der Waals surface area (Å²) in [5.41, 5.74) is 2.22. The van der Waals surface area contributed by atoms with Crippen molar-refractivity contribution in [3.63, 3.8) is 0 Å². The van der Waals surface area contributed by atoms with Gasteiger partial charge in [0.25, 0.3) is 0 Å². The first-order chi connectivity index (χ1) is 14.6. The molecule has 0 spiro atoms. The second-order valence-electron chi connectivity index (χ2n) is 12.3. The fraction of sp³-hybridized carbons (Fsp3) is 0.857. The highest BCUT2D eigenvalue weighted by atomic mass is 16.1. The van der Waals surface area contributed by atoms with E-state index in [0.717, 1.165) is 30.6 Å². The molecule has 0 aromatic rings. The lowest BCUT2D eigenvalue weighted by atomic mass is 9.46. The van der Waals surface area contributed by atoms with Gasteiger partial charge in [-0.25, -0.2) is 0 Å². The summed E-state index contributed by atoms with van der Waals surface area (Å²) in [6.07, 6.45) is 13.0. The third kappa shape index (κ3) is 3.77. The van der Waals surface area contributed by atoms with Crippen LogP contribution >= 0.6 is 0 Å². The van der Waals surface area contributed by atoms with Crippen LogP contribution in [0.4, 0.5) is 0 Å². The summed E-state index contributed by atoms with van der Waals surface area (Å²) in [6.45, 7) is 11.1. The third-order valence-electron chi connectivity index (χ3n) is 10.5. The predicted molar refractivity (Wildman–Crippen MR) is 127 cm³/mol. The Labute approximate surface area is 190 Å². The van der Waals surface area contributed by atoms with Crippen LogP contribution < -0.4 is 5.32 Å². The van der Waals surface area contributed by atoms with Gasteiger partial charge in [0.15, 0.2) is 5.78 Å². The average molecular weight is 428 g/mol. The molecule has 1 N–H and O–H groups in total. The van der Waals surface area contributed by atoms with Crippen molar-refractivity contribution in [1.82, 2.24) is 5.32 Å². The van der Waals surface area contributed by atoms with Crippen LogP contribution in [0.25, 0.3) is 0 Å². The minimum atomic E-state index is -0.0185. The summed E-state index contributed by atoms with van der Waals surface area (Å²) in [6, 6.07) is -0.0185. The van der Waals surface area contributed by atoms with Crippen molar-refractivity contribution in [2.24, 2.45) is 46.3 Å². The van der Waals surface area contributed by atoms with E-state index in [9.17, 15) is 9.59 Å². The predicted octanol–water partition coefficient (Wildman–Crippen LogP) is 5.97. The average Bonchev–Trinajstić information content (AvgIpc) is 3.06. The molecule has 0 aromatic heterocycles. The first-order valence-electron chi connectivity index (χ1n) is 13.0. The molecule has 4 rings (SSSR count). The van der Waals surface area contributed by atoms with Crippen LogP contribution in [0.1, 0.15) is 92.4 Å². The number of hydrogen-bond donors (Lipinski definition) is 1. The Morgan fingerprint density at radius 3 is 2.45 bits per heavy atom. The molecule has 8 unspecified atom stereocenters. The summed E-state index contributed by atoms with van der Waals surface area (Å²) in [5.74, 6) is 4.17. The van der Waals surface area contributed by atoms with Crippen LogP contribution in [0.3, 0.4) is 0 Å². The number of ketones is 2. The number of carbonyl (C=O) groups excluding carboxylic acids is 2. The van der Waals surface area contributed by atoms with Crippen LogP contribution in [-0.4, -0.2) is 24.7 Å². The summed E-state index contributed by atoms with van der Waals surface area (Å²) in [7, 11) is 1.91. The van der Waals surface area contributed by atoms with E-state index in [-0.39, 0.29) is 11.5 Å². The van der Waals surface area contributed by atoms with Gasteiger partial charge in [0.1, 0.15) is 5.78 Å². The largest absolute Gasteiger partial charge is 0.310 e. The Morgan fingerprint density at radius 1 is 1.06 bits per heavy atom. The van der Waals surface area contributed by atoms with E-state index in [2.05, 4.69) is 39.1 Å². The van der Waals surface area contributed by atoms with Gasteiger partial charge < -0.3 is 5.32 Å². The molecule has 0 heterocycles. The smallest absolute Gasteiger partial charge is 0.150 e. The van der Waals surface area contributed by atoms with Crippen LogP contribution in [0.15, 0.2) is 11.6 Å². The SMILES string of the molecule is CNC(C(=O)CC1C=C2CCC3C(CCC4(C)C(C(C)=O)CCC34)C2(C)CC1)C(C)C. The molecule has 0 aliphatic heterocycles. The number of rotatable bonds is 6. The normalized spacial score (nSPS) is 42.9. The van der Waals surface area contributed by atoms with Gasteiger partial charge in [-0.1, -0.05) is 39.3 Å². The van der Waals surface area contributed by atoms with Gasteiger partial charge >= 0.3 is 0 Å². The summed E-state index contributed by atoms with van der Waals surface area (Å²) >= 11 is 0. The molecule has 174 valence electrons. The van der Waals surface area contributed by atoms with Crippen molar-refractivity contribution in [1.29, 1.82) is 0 Å². The molecule has 0 radical (unpaired) electrons. The van der Waals surface area contributed by atoms with E-state index in [4.69, 9.17) is 0 Å². The molecule has 3 saturated carbocycles. The van der Waals surface area contributed by atoms with Gasteiger partial charge in [0.05, 0.1) is 6.04 Å². The monoisotopic (exact) mass is 427 g/mol. The maximum absolute atomic E-state index is 12.9. The van der Waals surface area contributed by atoms with Crippen molar-refractivity contribution < 1.29 is 9.59 Å². The molecule has 0 saturated heterocycles. The van der Waals surface area contributed by atoms with Crippen LogP contribution in [0.2, 0.25) is 0 Å². The highest BCUT2D eigenvalue weighted by Crippen LogP contribution is 2.67. The number of fused-ring (bicyclic) bond motifs is 5. The van der Waals surface area contributed by atoms with E-state index in [1.165, 1.54) is 38.5 Å². The standard InChI is InChI=1S/C28H45NO2/c1-17(2)26(29-6)25(31)16-19-11-13-27(4)20(15-19)7-8-21-23-10-9-22(18(3)30)28(23,5)14-12-24(21)27/h15,17,19,21-24,26,29H,7-14,16H2,1-6H3. The van der Waals surface area contributed by atoms with Gasteiger partial charge in [-0.05, 0) is 106 Å². The highest BCUT2D eigenvalue weighted by Gasteiger charge is 2.59. The van der Waals surface area contributed by atoms with E-state index in [0.29, 0.717) is 41.2 Å². The topological polar surface area (TPSA) is 46.2 Å². The molecule has 31 heavy (non-hydrogen) atoms. The number of hydrogen-bond acceptors (Lipinski definition) is 3. The number of nitrogens with one attached hydrogen (secondary N) is 1. The summed E-state index contributed by atoms with van der Waals surface area (Å²) in [4.78, 5) is 25.2. The first-order valence-corrected chi connectivity index (χ1v) is 13.0. The molecule has 3 nitrogen and oxygen atoms in total. The number of Topliss-reactive ketones (excluding diaryl/α,β-unsaturated/α-hetero) is 2. The Kier molecular flexibility index (Phi) is 6.31. The highest BCUT2D eigenvalue weighted by molar-refractivity contribution is 5.84. The lowest BCUT2D eigenvalue weighted by Gasteiger charge is -2.58. The molecular formula is C28H45NO2. The van der Waals surface area contributed by atoms with Crippen molar-refractivity contribution in [2.75, 3.05) is 7.05 Å². The Balaban J connectivity index is 1.50.